The number of nitrogens with zero attached hydrogens (tertiary/aromatic N) is 6. The zero-order valence-electron chi connectivity index (χ0n) is 19.9. The zero-order chi connectivity index (χ0) is 23.7. The van der Waals surface area contributed by atoms with Crippen LogP contribution in [0.3, 0.4) is 0 Å². The van der Waals surface area contributed by atoms with Gasteiger partial charge in [0.2, 0.25) is 11.8 Å². The first kappa shape index (κ1) is 23.3. The molecule has 0 aliphatic carbocycles. The fraction of sp³-hybridized carbons (Fsp3) is 0.708. The maximum absolute atomic E-state index is 13.1. The van der Waals surface area contributed by atoms with Crippen molar-refractivity contribution in [2.24, 2.45) is 11.8 Å². The van der Waals surface area contributed by atoms with E-state index in [4.69, 9.17) is 0 Å². The van der Waals surface area contributed by atoms with E-state index in [9.17, 15) is 14.4 Å². The third-order valence-corrected chi connectivity index (χ3v) is 8.56. The average Bonchev–Trinajstić information content (AvgIpc) is 3.31. The predicted octanol–water partition coefficient (Wildman–Crippen LogP) is 2.34. The smallest absolute Gasteiger partial charge is 0.273 e. The van der Waals surface area contributed by atoms with Crippen LogP contribution in [0.2, 0.25) is 0 Å². The second kappa shape index (κ2) is 10.0. The lowest BCUT2D eigenvalue weighted by Gasteiger charge is -2.35. The van der Waals surface area contributed by atoms with E-state index in [0.29, 0.717) is 22.2 Å². The average molecular weight is 487 g/mol. The molecule has 2 amide bonds. The molecule has 0 N–H and O–H groups in total. The predicted molar refractivity (Wildman–Crippen MR) is 132 cm³/mol. The van der Waals surface area contributed by atoms with E-state index in [2.05, 4.69) is 21.8 Å². The lowest BCUT2D eigenvalue weighted by atomic mass is 9.94. The number of hydrogen-bond acceptors (Lipinski definition) is 7. The van der Waals surface area contributed by atoms with Crippen LogP contribution >= 0.6 is 11.3 Å². The molecule has 0 spiro atoms. The molecular formula is C24H34N6O3S. The minimum Gasteiger partial charge on any atom is -0.348 e. The Morgan fingerprint density at radius 3 is 2.47 bits per heavy atom. The molecule has 0 aromatic carbocycles. The topological polar surface area (TPSA) is 91.6 Å². The third kappa shape index (κ3) is 4.82. The lowest BCUT2D eigenvalue weighted by Crippen LogP contribution is -2.44. The summed E-state index contributed by atoms with van der Waals surface area (Å²) in [5, 5.41) is 0.775. The van der Waals surface area contributed by atoms with Crippen LogP contribution in [0, 0.1) is 11.8 Å². The first-order valence-electron chi connectivity index (χ1n) is 12.7. The van der Waals surface area contributed by atoms with Crippen LogP contribution in [0.4, 0.5) is 5.13 Å². The van der Waals surface area contributed by atoms with E-state index in [-0.39, 0.29) is 23.9 Å². The summed E-state index contributed by atoms with van der Waals surface area (Å²) in [6, 6.07) is 0. The molecule has 3 fully saturated rings. The Bertz CT molecular complexity index is 1100. The van der Waals surface area contributed by atoms with Crippen molar-refractivity contribution in [2.45, 2.75) is 58.4 Å². The number of likely N-dealkylation sites (tertiary alicyclic amines) is 2. The summed E-state index contributed by atoms with van der Waals surface area (Å²) in [6.45, 7) is 6.99. The van der Waals surface area contributed by atoms with Gasteiger partial charge in [-0.2, -0.15) is 4.98 Å². The molecule has 0 unspecified atom stereocenters. The molecule has 3 aliphatic rings. The molecule has 5 heterocycles. The number of anilines is 1. The van der Waals surface area contributed by atoms with Gasteiger partial charge in [-0.3, -0.25) is 19.0 Å². The standard InChI is InChI=1S/C24H34N6O3S/c1-17-6-5-11-29(14-17)19(31)15-30-16-25-21-20(23(30)33)34-24(26-21)28-12-7-18(8-13-28)22(32)27-9-3-2-4-10-27/h16-18H,2-15H2,1H3/t17-/m0/s1. The number of amides is 2. The van der Waals surface area contributed by atoms with Crippen molar-refractivity contribution in [2.75, 3.05) is 44.2 Å². The van der Waals surface area contributed by atoms with E-state index >= 15 is 0 Å². The van der Waals surface area contributed by atoms with Crippen LogP contribution in [0.1, 0.15) is 51.9 Å². The summed E-state index contributed by atoms with van der Waals surface area (Å²) >= 11 is 1.34. The molecular weight excluding hydrogens is 452 g/mol. The van der Waals surface area contributed by atoms with Gasteiger partial charge in [0.1, 0.15) is 17.6 Å². The van der Waals surface area contributed by atoms with Gasteiger partial charge in [0, 0.05) is 45.2 Å². The van der Waals surface area contributed by atoms with Crippen molar-refractivity contribution < 1.29 is 9.59 Å². The van der Waals surface area contributed by atoms with Gasteiger partial charge in [0.15, 0.2) is 10.8 Å². The molecule has 184 valence electrons. The number of fused-ring (bicyclic) bond motifs is 1. The van der Waals surface area contributed by atoms with E-state index in [1.54, 1.807) is 0 Å². The van der Waals surface area contributed by atoms with Crippen molar-refractivity contribution in [1.29, 1.82) is 0 Å². The third-order valence-electron chi connectivity index (χ3n) is 7.47. The highest BCUT2D eigenvalue weighted by Crippen LogP contribution is 2.30. The molecule has 3 aliphatic heterocycles. The second-order valence-corrected chi connectivity index (χ2v) is 11.0. The molecule has 0 saturated carbocycles. The number of piperidine rings is 3. The number of carbonyl (C=O) groups excluding carboxylic acids is 2. The van der Waals surface area contributed by atoms with E-state index < -0.39 is 0 Å². The Morgan fingerprint density at radius 1 is 1.00 bits per heavy atom. The molecule has 0 bridgehead atoms. The molecule has 10 heteroatoms. The fourth-order valence-corrected chi connectivity index (χ4v) is 6.46. The first-order valence-corrected chi connectivity index (χ1v) is 13.5. The van der Waals surface area contributed by atoms with Gasteiger partial charge in [-0.15, -0.1) is 0 Å². The number of thiazole rings is 1. The number of aromatic nitrogens is 3. The fourth-order valence-electron chi connectivity index (χ4n) is 5.43. The van der Waals surface area contributed by atoms with Gasteiger partial charge in [-0.05, 0) is 50.9 Å². The highest BCUT2D eigenvalue weighted by Gasteiger charge is 2.30. The zero-order valence-corrected chi connectivity index (χ0v) is 20.8. The van der Waals surface area contributed by atoms with Crippen LogP contribution < -0.4 is 10.5 Å². The first-order chi connectivity index (χ1) is 16.5. The number of rotatable bonds is 4. The van der Waals surface area contributed by atoms with Crippen molar-refractivity contribution in [3.05, 3.63) is 16.7 Å². The molecule has 34 heavy (non-hydrogen) atoms. The van der Waals surface area contributed by atoms with Gasteiger partial charge in [-0.1, -0.05) is 18.3 Å². The van der Waals surface area contributed by atoms with E-state index in [1.165, 1.54) is 28.7 Å². The monoisotopic (exact) mass is 486 g/mol. The molecule has 3 saturated heterocycles. The Morgan fingerprint density at radius 2 is 1.74 bits per heavy atom. The van der Waals surface area contributed by atoms with Crippen molar-refractivity contribution in [1.82, 2.24) is 24.3 Å². The SMILES string of the molecule is C[C@H]1CCCN(C(=O)Cn2cnc3nc(N4CCC(C(=O)N5CCCCC5)CC4)sc3c2=O)C1. The summed E-state index contributed by atoms with van der Waals surface area (Å²) in [5.41, 5.74) is 0.231. The lowest BCUT2D eigenvalue weighted by molar-refractivity contribution is -0.137. The summed E-state index contributed by atoms with van der Waals surface area (Å²) in [7, 11) is 0. The Labute approximate surface area is 203 Å². The second-order valence-electron chi connectivity index (χ2n) is 10.1. The van der Waals surface area contributed by atoms with Crippen LogP contribution in [0.25, 0.3) is 10.3 Å². The van der Waals surface area contributed by atoms with Crippen LogP contribution in [-0.4, -0.2) is 75.4 Å². The van der Waals surface area contributed by atoms with Gasteiger partial charge in [-0.25, -0.2) is 4.98 Å². The highest BCUT2D eigenvalue weighted by atomic mass is 32.1. The Hall–Kier alpha value is -2.49. The number of hydrogen-bond donors (Lipinski definition) is 0. The van der Waals surface area contributed by atoms with E-state index in [0.717, 1.165) is 82.9 Å². The summed E-state index contributed by atoms with van der Waals surface area (Å²) < 4.78 is 1.90. The van der Waals surface area contributed by atoms with Gasteiger partial charge < -0.3 is 14.7 Å². The number of carbonyl (C=O) groups is 2. The maximum atomic E-state index is 13.1. The van der Waals surface area contributed by atoms with Crippen LogP contribution in [0.15, 0.2) is 11.1 Å². The van der Waals surface area contributed by atoms with Crippen LogP contribution in [-0.2, 0) is 16.1 Å². The van der Waals surface area contributed by atoms with Crippen molar-refractivity contribution in [3.63, 3.8) is 0 Å². The molecule has 0 radical (unpaired) electrons. The Balaban J connectivity index is 1.24. The summed E-state index contributed by atoms with van der Waals surface area (Å²) in [4.78, 5) is 53.7. The molecule has 9 nitrogen and oxygen atoms in total. The minimum absolute atomic E-state index is 0.0196. The minimum atomic E-state index is -0.206. The molecule has 2 aromatic heterocycles. The van der Waals surface area contributed by atoms with Gasteiger partial charge >= 0.3 is 0 Å². The molecule has 1 atom stereocenters. The van der Waals surface area contributed by atoms with Crippen LogP contribution in [0.5, 0.6) is 0 Å². The van der Waals surface area contributed by atoms with Crippen molar-refractivity contribution >= 4 is 38.6 Å². The summed E-state index contributed by atoms with van der Waals surface area (Å²) in [6.07, 6.45) is 8.68. The largest absolute Gasteiger partial charge is 0.348 e. The van der Waals surface area contributed by atoms with Crippen molar-refractivity contribution in [3.8, 4) is 0 Å². The molecule has 5 rings (SSSR count). The van der Waals surface area contributed by atoms with Gasteiger partial charge in [0.25, 0.3) is 5.56 Å². The quantitative estimate of drug-likeness (QED) is 0.659. The summed E-state index contributed by atoms with van der Waals surface area (Å²) in [5.74, 6) is 0.863. The molecule has 2 aromatic rings. The maximum Gasteiger partial charge on any atom is 0.273 e. The highest BCUT2D eigenvalue weighted by molar-refractivity contribution is 7.22. The normalized spacial score (nSPS) is 22.4. The van der Waals surface area contributed by atoms with E-state index in [1.807, 2.05) is 9.80 Å². The Kier molecular flexibility index (Phi) is 6.85. The van der Waals surface area contributed by atoms with Gasteiger partial charge in [0.05, 0.1) is 0 Å².